The van der Waals surface area contributed by atoms with E-state index >= 15 is 0 Å². The van der Waals surface area contributed by atoms with Crippen molar-refractivity contribution in [3.63, 3.8) is 0 Å². The summed E-state index contributed by atoms with van der Waals surface area (Å²) in [7, 11) is 0. The average Bonchev–Trinajstić information content (AvgIpc) is 2.25. The van der Waals surface area contributed by atoms with Crippen molar-refractivity contribution in [2.75, 3.05) is 5.43 Å². The van der Waals surface area contributed by atoms with E-state index in [-0.39, 0.29) is 11.9 Å². The van der Waals surface area contributed by atoms with Crippen molar-refractivity contribution in [3.05, 3.63) is 23.8 Å². The zero-order chi connectivity index (χ0) is 12.4. The molecule has 0 saturated heterocycles. The monoisotopic (exact) mass is 236 g/mol. The molecular weight excluding hydrogens is 224 g/mol. The summed E-state index contributed by atoms with van der Waals surface area (Å²) in [4.78, 5) is 21.6. The highest BCUT2D eigenvalue weighted by molar-refractivity contribution is 5.77. The van der Waals surface area contributed by atoms with Crippen LogP contribution in [0.3, 0.4) is 0 Å². The molecule has 1 unspecified atom stereocenters. The Balaban J connectivity index is 2.21. The fraction of sp³-hybridized carbons (Fsp3) is 0.273. The number of carbonyl (C=O) groups excluding carboxylic acids is 1. The van der Waals surface area contributed by atoms with Crippen LogP contribution in [0.1, 0.15) is 24.8 Å². The van der Waals surface area contributed by atoms with Gasteiger partial charge in [-0.3, -0.25) is 10.2 Å². The first-order valence-corrected chi connectivity index (χ1v) is 5.16. The molecule has 6 heteroatoms. The number of ether oxygens (including phenoxy) is 1. The third kappa shape index (κ3) is 2.47. The Hall–Kier alpha value is -2.24. The Bertz CT molecular complexity index is 473. The fourth-order valence-corrected chi connectivity index (χ4v) is 1.76. The molecule has 3 N–H and O–H groups in total. The van der Waals surface area contributed by atoms with Gasteiger partial charge in [0.05, 0.1) is 12.1 Å². The molecule has 0 aromatic heterocycles. The van der Waals surface area contributed by atoms with Crippen LogP contribution < -0.4 is 15.6 Å². The zero-order valence-electron chi connectivity index (χ0n) is 9.19. The quantitative estimate of drug-likeness (QED) is 0.413. The van der Waals surface area contributed by atoms with E-state index in [0.717, 1.165) is 5.56 Å². The van der Waals surface area contributed by atoms with E-state index in [1.807, 2.05) is 18.4 Å². The summed E-state index contributed by atoms with van der Waals surface area (Å²) < 4.78 is 5.10. The highest BCUT2D eigenvalue weighted by atomic mass is 16.5. The molecule has 1 atom stereocenters. The number of benzene rings is 1. The third-order valence-electron chi connectivity index (χ3n) is 2.55. The van der Waals surface area contributed by atoms with E-state index in [0.29, 0.717) is 17.9 Å². The van der Waals surface area contributed by atoms with Gasteiger partial charge in [-0.1, -0.05) is 13.0 Å². The predicted octanol–water partition coefficient (Wildman–Crippen LogP) is 1.69. The Kier molecular flexibility index (Phi) is 2.86. The molecule has 0 saturated carbocycles. The van der Waals surface area contributed by atoms with Crippen LogP contribution in [0.2, 0.25) is 0 Å². The lowest BCUT2D eigenvalue weighted by Crippen LogP contribution is -2.27. The van der Waals surface area contributed by atoms with Gasteiger partial charge in [0.1, 0.15) is 5.75 Å². The topological polar surface area (TPSA) is 87.7 Å². The molecular formula is C11H12N2O4. The standard InChI is InChI=1S/C11H12N2O4/c1-6-4-10(14)17-9-5-7(2-3-8(6)9)12-13-11(15)16/h2-3,5-6,12-13H,4H2,1H3,(H,15,16). The van der Waals surface area contributed by atoms with Gasteiger partial charge in [0.2, 0.25) is 0 Å². The Morgan fingerprint density at radius 2 is 2.29 bits per heavy atom. The molecule has 1 aliphatic heterocycles. The van der Waals surface area contributed by atoms with Gasteiger partial charge in [-0.25, -0.2) is 10.2 Å². The van der Waals surface area contributed by atoms with Crippen molar-refractivity contribution in [2.45, 2.75) is 19.3 Å². The molecule has 0 radical (unpaired) electrons. The number of hydrogen-bond donors (Lipinski definition) is 3. The van der Waals surface area contributed by atoms with Crippen molar-refractivity contribution in [3.8, 4) is 5.75 Å². The first-order valence-electron chi connectivity index (χ1n) is 5.16. The summed E-state index contributed by atoms with van der Waals surface area (Å²) in [6, 6.07) is 5.14. The van der Waals surface area contributed by atoms with Crippen LogP contribution in [-0.4, -0.2) is 17.2 Å². The smallest absolute Gasteiger partial charge is 0.423 e. The lowest BCUT2D eigenvalue weighted by molar-refractivity contribution is -0.135. The molecule has 1 aromatic rings. The Morgan fingerprint density at radius 1 is 1.53 bits per heavy atom. The van der Waals surface area contributed by atoms with E-state index in [1.54, 1.807) is 12.1 Å². The number of carboxylic acid groups (broad SMARTS) is 1. The minimum absolute atomic E-state index is 0.118. The van der Waals surface area contributed by atoms with Crippen molar-refractivity contribution in [1.82, 2.24) is 5.43 Å². The number of hydrogen-bond acceptors (Lipinski definition) is 4. The second-order valence-electron chi connectivity index (χ2n) is 3.89. The van der Waals surface area contributed by atoms with E-state index in [1.165, 1.54) is 0 Å². The van der Waals surface area contributed by atoms with Gasteiger partial charge in [0, 0.05) is 6.07 Å². The van der Waals surface area contributed by atoms with E-state index in [2.05, 4.69) is 5.43 Å². The molecule has 0 bridgehead atoms. The minimum atomic E-state index is -1.19. The van der Waals surface area contributed by atoms with Crippen LogP contribution in [0.5, 0.6) is 5.75 Å². The molecule has 0 spiro atoms. The van der Waals surface area contributed by atoms with Crippen molar-refractivity contribution in [2.24, 2.45) is 0 Å². The highest BCUT2D eigenvalue weighted by Gasteiger charge is 2.23. The molecule has 2 rings (SSSR count). The molecule has 90 valence electrons. The number of fused-ring (bicyclic) bond motifs is 1. The molecule has 6 nitrogen and oxygen atoms in total. The van der Waals surface area contributed by atoms with Gasteiger partial charge >= 0.3 is 12.1 Å². The van der Waals surface area contributed by atoms with Gasteiger partial charge in [-0.15, -0.1) is 0 Å². The van der Waals surface area contributed by atoms with Crippen molar-refractivity contribution >= 4 is 17.7 Å². The largest absolute Gasteiger partial charge is 0.464 e. The summed E-state index contributed by atoms with van der Waals surface area (Å²) in [6.07, 6.45) is -0.819. The SMILES string of the molecule is CC1CC(=O)Oc2cc(NNC(=O)O)ccc21. The van der Waals surface area contributed by atoms with Crippen molar-refractivity contribution < 1.29 is 19.4 Å². The number of rotatable bonds is 2. The van der Waals surface area contributed by atoms with Gasteiger partial charge < -0.3 is 9.84 Å². The second kappa shape index (κ2) is 4.32. The number of carbonyl (C=O) groups is 2. The molecule has 0 fully saturated rings. The van der Waals surface area contributed by atoms with Crippen LogP contribution >= 0.6 is 0 Å². The molecule has 17 heavy (non-hydrogen) atoms. The minimum Gasteiger partial charge on any atom is -0.464 e. The number of hydrazine groups is 1. The summed E-state index contributed by atoms with van der Waals surface area (Å²) in [5.41, 5.74) is 5.97. The number of nitrogens with one attached hydrogen (secondary N) is 2. The highest BCUT2D eigenvalue weighted by Crippen LogP contribution is 2.35. The summed E-state index contributed by atoms with van der Waals surface area (Å²) in [6.45, 7) is 1.95. The van der Waals surface area contributed by atoms with Gasteiger partial charge in [-0.2, -0.15) is 0 Å². The lowest BCUT2D eigenvalue weighted by atomic mass is 9.94. The lowest BCUT2D eigenvalue weighted by Gasteiger charge is -2.22. The van der Waals surface area contributed by atoms with Gasteiger partial charge in [0.15, 0.2) is 0 Å². The first kappa shape index (κ1) is 11.3. The third-order valence-corrected chi connectivity index (χ3v) is 2.55. The van der Waals surface area contributed by atoms with Crippen LogP contribution in [0, 0.1) is 0 Å². The predicted molar refractivity (Wildman–Crippen MR) is 59.9 cm³/mol. The average molecular weight is 236 g/mol. The normalized spacial score (nSPS) is 17.9. The van der Waals surface area contributed by atoms with Crippen LogP contribution in [-0.2, 0) is 4.79 Å². The number of anilines is 1. The Morgan fingerprint density at radius 3 is 3.00 bits per heavy atom. The van der Waals surface area contributed by atoms with Crippen LogP contribution in [0.15, 0.2) is 18.2 Å². The molecule has 0 aliphatic carbocycles. The van der Waals surface area contributed by atoms with Crippen LogP contribution in [0.4, 0.5) is 10.5 Å². The maximum absolute atomic E-state index is 11.3. The Labute approximate surface area is 97.6 Å². The van der Waals surface area contributed by atoms with Crippen molar-refractivity contribution in [1.29, 1.82) is 0 Å². The molecule has 1 heterocycles. The molecule has 1 aromatic carbocycles. The zero-order valence-corrected chi connectivity index (χ0v) is 9.19. The van der Waals surface area contributed by atoms with Gasteiger partial charge in [0.25, 0.3) is 0 Å². The first-order chi connectivity index (χ1) is 8.06. The van der Waals surface area contributed by atoms with E-state index < -0.39 is 6.09 Å². The molecule has 1 amide bonds. The van der Waals surface area contributed by atoms with E-state index in [9.17, 15) is 9.59 Å². The number of esters is 1. The van der Waals surface area contributed by atoms with Gasteiger partial charge in [-0.05, 0) is 17.5 Å². The van der Waals surface area contributed by atoms with E-state index in [4.69, 9.17) is 9.84 Å². The summed E-state index contributed by atoms with van der Waals surface area (Å²) >= 11 is 0. The summed E-state index contributed by atoms with van der Waals surface area (Å²) in [5.74, 6) is 0.326. The maximum Gasteiger partial charge on any atom is 0.423 e. The maximum atomic E-state index is 11.3. The number of amides is 1. The van der Waals surface area contributed by atoms with Crippen LogP contribution in [0.25, 0.3) is 0 Å². The summed E-state index contributed by atoms with van der Waals surface area (Å²) in [5, 5.41) is 8.44. The molecule has 1 aliphatic rings. The second-order valence-corrected chi connectivity index (χ2v) is 3.89. The fourth-order valence-electron chi connectivity index (χ4n) is 1.76.